The monoisotopic (exact) mass is 311 g/mol. The van der Waals surface area contributed by atoms with E-state index in [4.69, 9.17) is 28.9 Å². The molecule has 0 aliphatic carbocycles. The lowest BCUT2D eigenvalue weighted by molar-refractivity contribution is 0.887. The fourth-order valence-electron chi connectivity index (χ4n) is 1.65. The van der Waals surface area contributed by atoms with Crippen molar-refractivity contribution in [1.82, 2.24) is 9.97 Å². The predicted octanol–water partition coefficient (Wildman–Crippen LogP) is 3.93. The largest absolute Gasteiger partial charge is 0.393 e. The van der Waals surface area contributed by atoms with Crippen LogP contribution < -0.4 is 16.4 Å². The second-order valence-corrected chi connectivity index (χ2v) is 5.44. The average molecular weight is 312 g/mol. The summed E-state index contributed by atoms with van der Waals surface area (Å²) in [4.78, 5) is 8.24. The Bertz CT molecular complexity index is 595. The Hall–Kier alpha value is -1.72. The van der Waals surface area contributed by atoms with Crippen LogP contribution in [0, 0.1) is 0 Å². The van der Waals surface area contributed by atoms with Crippen molar-refractivity contribution in [2.45, 2.75) is 19.9 Å². The molecule has 0 radical (unpaired) electrons. The predicted molar refractivity (Wildman–Crippen MR) is 84.9 cm³/mol. The highest BCUT2D eigenvalue weighted by atomic mass is 35.5. The van der Waals surface area contributed by atoms with Crippen molar-refractivity contribution < 1.29 is 0 Å². The number of rotatable bonds is 4. The van der Waals surface area contributed by atoms with Crippen LogP contribution in [0.15, 0.2) is 24.5 Å². The highest BCUT2D eigenvalue weighted by Crippen LogP contribution is 2.29. The molecule has 0 spiro atoms. The summed E-state index contributed by atoms with van der Waals surface area (Å²) in [6.07, 6.45) is 1.44. The molecule has 5 nitrogen and oxygen atoms in total. The van der Waals surface area contributed by atoms with Crippen LogP contribution in [-0.4, -0.2) is 16.0 Å². The summed E-state index contributed by atoms with van der Waals surface area (Å²) in [5.74, 6) is 1.09. The van der Waals surface area contributed by atoms with Crippen LogP contribution in [0.2, 0.25) is 10.0 Å². The first kappa shape index (κ1) is 14.7. The first-order valence-corrected chi connectivity index (χ1v) is 6.81. The van der Waals surface area contributed by atoms with Gasteiger partial charge in [-0.15, -0.1) is 0 Å². The van der Waals surface area contributed by atoms with Crippen molar-refractivity contribution >= 4 is 46.2 Å². The van der Waals surface area contributed by atoms with Gasteiger partial charge in [-0.2, -0.15) is 0 Å². The number of benzene rings is 1. The van der Waals surface area contributed by atoms with Crippen LogP contribution >= 0.6 is 23.2 Å². The van der Waals surface area contributed by atoms with Crippen LogP contribution in [0.25, 0.3) is 0 Å². The first-order chi connectivity index (χ1) is 9.45. The minimum absolute atomic E-state index is 0.223. The van der Waals surface area contributed by atoms with Gasteiger partial charge in [0.05, 0.1) is 0 Å². The molecule has 0 aliphatic heterocycles. The minimum Gasteiger partial charge on any atom is -0.393 e. The Morgan fingerprint density at radius 3 is 2.25 bits per heavy atom. The van der Waals surface area contributed by atoms with Crippen molar-refractivity contribution in [3.05, 3.63) is 34.6 Å². The van der Waals surface area contributed by atoms with Gasteiger partial charge in [-0.05, 0) is 32.0 Å². The third-order valence-electron chi connectivity index (χ3n) is 2.43. The number of nitrogens with one attached hydrogen (secondary N) is 2. The van der Waals surface area contributed by atoms with E-state index in [9.17, 15) is 0 Å². The van der Waals surface area contributed by atoms with E-state index in [0.717, 1.165) is 0 Å². The zero-order valence-electron chi connectivity index (χ0n) is 11.1. The number of aromatic nitrogens is 2. The molecular formula is C13H15Cl2N5. The summed E-state index contributed by atoms with van der Waals surface area (Å²) in [5, 5.41) is 7.31. The SMILES string of the molecule is CC(C)Nc1ncnc(Nc2cc(Cl)cc(Cl)c2)c1N. The lowest BCUT2D eigenvalue weighted by Gasteiger charge is -2.14. The lowest BCUT2D eigenvalue weighted by atomic mass is 10.3. The van der Waals surface area contributed by atoms with Gasteiger partial charge in [0.15, 0.2) is 11.6 Å². The summed E-state index contributed by atoms with van der Waals surface area (Å²) in [6, 6.07) is 5.36. The molecule has 0 saturated heterocycles. The number of nitrogens with two attached hydrogens (primary N) is 1. The fourth-order valence-corrected chi connectivity index (χ4v) is 2.17. The summed E-state index contributed by atoms with van der Waals surface area (Å²) in [6.45, 7) is 4.01. The number of nitrogens with zero attached hydrogens (tertiary/aromatic N) is 2. The Balaban J connectivity index is 2.29. The van der Waals surface area contributed by atoms with E-state index < -0.39 is 0 Å². The zero-order valence-corrected chi connectivity index (χ0v) is 12.6. The number of halogens is 2. The second kappa shape index (κ2) is 6.15. The highest BCUT2D eigenvalue weighted by molar-refractivity contribution is 6.35. The van der Waals surface area contributed by atoms with Crippen LogP contribution in [0.5, 0.6) is 0 Å². The summed E-state index contributed by atoms with van der Waals surface area (Å²) in [5.41, 5.74) is 7.19. The number of hydrogen-bond donors (Lipinski definition) is 3. The molecule has 1 aromatic carbocycles. The molecule has 1 aromatic heterocycles. The van der Waals surface area contributed by atoms with E-state index in [-0.39, 0.29) is 6.04 Å². The number of nitrogen functional groups attached to an aromatic ring is 1. The van der Waals surface area contributed by atoms with Crippen LogP contribution in [-0.2, 0) is 0 Å². The highest BCUT2D eigenvalue weighted by Gasteiger charge is 2.09. The maximum atomic E-state index is 6.04. The third-order valence-corrected chi connectivity index (χ3v) is 2.87. The zero-order chi connectivity index (χ0) is 14.7. The third kappa shape index (κ3) is 3.65. The average Bonchev–Trinajstić information content (AvgIpc) is 2.32. The molecule has 0 bridgehead atoms. The molecular weight excluding hydrogens is 297 g/mol. The van der Waals surface area contributed by atoms with E-state index in [1.54, 1.807) is 18.2 Å². The molecule has 1 heterocycles. The van der Waals surface area contributed by atoms with E-state index in [1.807, 2.05) is 13.8 Å². The second-order valence-electron chi connectivity index (χ2n) is 4.57. The van der Waals surface area contributed by atoms with Crippen LogP contribution in [0.1, 0.15) is 13.8 Å². The van der Waals surface area contributed by atoms with Crippen LogP contribution in [0.3, 0.4) is 0 Å². The molecule has 2 rings (SSSR count). The topological polar surface area (TPSA) is 75.9 Å². The minimum atomic E-state index is 0.223. The lowest BCUT2D eigenvalue weighted by Crippen LogP contribution is -2.14. The van der Waals surface area contributed by atoms with Gasteiger partial charge in [-0.25, -0.2) is 9.97 Å². The van der Waals surface area contributed by atoms with Crippen LogP contribution in [0.4, 0.5) is 23.0 Å². The van der Waals surface area contributed by atoms with Crippen molar-refractivity contribution in [3.63, 3.8) is 0 Å². The van der Waals surface area contributed by atoms with E-state index in [0.29, 0.717) is 33.1 Å². The Morgan fingerprint density at radius 2 is 1.65 bits per heavy atom. The molecule has 0 saturated carbocycles. The standard InChI is InChI=1S/C13H15Cl2N5/c1-7(2)19-12-11(16)13(18-6-17-12)20-10-4-8(14)3-9(15)5-10/h3-7H,16H2,1-2H3,(H2,17,18,19,20). The Kier molecular flexibility index (Phi) is 4.52. The summed E-state index contributed by atoms with van der Waals surface area (Å²) < 4.78 is 0. The maximum absolute atomic E-state index is 6.04. The molecule has 20 heavy (non-hydrogen) atoms. The quantitative estimate of drug-likeness (QED) is 0.797. The van der Waals surface area contributed by atoms with Gasteiger partial charge in [0.1, 0.15) is 12.0 Å². The maximum Gasteiger partial charge on any atom is 0.159 e. The number of hydrogen-bond acceptors (Lipinski definition) is 5. The smallest absolute Gasteiger partial charge is 0.159 e. The van der Waals surface area contributed by atoms with E-state index in [2.05, 4.69) is 20.6 Å². The molecule has 2 aromatic rings. The van der Waals surface area contributed by atoms with Gasteiger partial charge in [0, 0.05) is 21.8 Å². The molecule has 0 amide bonds. The fraction of sp³-hybridized carbons (Fsp3) is 0.231. The first-order valence-electron chi connectivity index (χ1n) is 6.06. The summed E-state index contributed by atoms with van der Waals surface area (Å²) >= 11 is 11.9. The molecule has 0 unspecified atom stereocenters. The van der Waals surface area contributed by atoms with Gasteiger partial charge in [-0.1, -0.05) is 23.2 Å². The molecule has 106 valence electrons. The van der Waals surface area contributed by atoms with Crippen molar-refractivity contribution in [2.24, 2.45) is 0 Å². The van der Waals surface area contributed by atoms with Gasteiger partial charge in [0.25, 0.3) is 0 Å². The van der Waals surface area contributed by atoms with Gasteiger partial charge < -0.3 is 16.4 Å². The molecule has 0 aliphatic rings. The molecule has 7 heteroatoms. The molecule has 0 atom stereocenters. The Labute approximate surface area is 127 Å². The van der Waals surface area contributed by atoms with Gasteiger partial charge in [-0.3, -0.25) is 0 Å². The van der Waals surface area contributed by atoms with E-state index >= 15 is 0 Å². The van der Waals surface area contributed by atoms with Gasteiger partial charge in [0.2, 0.25) is 0 Å². The molecule has 4 N–H and O–H groups in total. The Morgan fingerprint density at radius 1 is 1.05 bits per heavy atom. The molecule has 0 fully saturated rings. The van der Waals surface area contributed by atoms with Gasteiger partial charge >= 0.3 is 0 Å². The van der Waals surface area contributed by atoms with Crippen molar-refractivity contribution in [1.29, 1.82) is 0 Å². The van der Waals surface area contributed by atoms with Crippen molar-refractivity contribution in [3.8, 4) is 0 Å². The number of anilines is 4. The van der Waals surface area contributed by atoms with Crippen molar-refractivity contribution in [2.75, 3.05) is 16.4 Å². The summed E-state index contributed by atoms with van der Waals surface area (Å²) in [7, 11) is 0. The van der Waals surface area contributed by atoms with E-state index in [1.165, 1.54) is 6.33 Å². The normalized spacial score (nSPS) is 10.7.